The van der Waals surface area contributed by atoms with Crippen LogP contribution in [0, 0.1) is 0 Å². The molecule has 1 aliphatic rings. The predicted octanol–water partition coefficient (Wildman–Crippen LogP) is 2.44. The third kappa shape index (κ3) is 4.63. The largest absolute Gasteiger partial charge is 0.396 e. The molecule has 1 fully saturated rings. The summed E-state index contributed by atoms with van der Waals surface area (Å²) in [5.41, 5.74) is 1.82. The third-order valence-corrected chi connectivity index (χ3v) is 3.86. The molecule has 6 heteroatoms. The number of nitrogens with zero attached hydrogens (tertiary/aromatic N) is 2. The van der Waals surface area contributed by atoms with Gasteiger partial charge >= 0.3 is 0 Å². The number of aliphatic hydroxyl groups is 1. The Morgan fingerprint density at radius 1 is 1.26 bits per heavy atom. The van der Waals surface area contributed by atoms with Crippen molar-refractivity contribution in [1.29, 1.82) is 0 Å². The van der Waals surface area contributed by atoms with Crippen molar-refractivity contribution in [1.82, 2.24) is 10.1 Å². The molecule has 0 saturated heterocycles. The van der Waals surface area contributed by atoms with Crippen molar-refractivity contribution < 1.29 is 14.4 Å². The van der Waals surface area contributed by atoms with E-state index in [9.17, 15) is 4.79 Å². The van der Waals surface area contributed by atoms with E-state index in [1.54, 1.807) is 0 Å². The second kappa shape index (κ2) is 7.37. The van der Waals surface area contributed by atoms with E-state index in [1.807, 2.05) is 24.3 Å². The molecule has 1 aliphatic carbocycles. The Morgan fingerprint density at radius 2 is 2.04 bits per heavy atom. The maximum Gasteiger partial charge on any atom is 0.226 e. The Labute approximate surface area is 134 Å². The highest BCUT2D eigenvalue weighted by Crippen LogP contribution is 2.38. The number of aliphatic hydroxyl groups excluding tert-OH is 1. The normalized spacial score (nSPS) is 14.0. The van der Waals surface area contributed by atoms with Gasteiger partial charge in [-0.15, -0.1) is 0 Å². The summed E-state index contributed by atoms with van der Waals surface area (Å²) in [7, 11) is 0. The van der Waals surface area contributed by atoms with Gasteiger partial charge < -0.3 is 14.9 Å². The molecular formula is C17H21N3O3. The molecule has 122 valence electrons. The first-order chi connectivity index (χ1) is 11.2. The van der Waals surface area contributed by atoms with Gasteiger partial charge in [-0.1, -0.05) is 17.3 Å². The quantitative estimate of drug-likeness (QED) is 0.781. The maximum atomic E-state index is 11.9. The molecule has 1 amide bonds. The number of aryl methyl sites for hydroxylation is 1. The SMILES string of the molecule is O=C(CCCc1nc(C2CC2)no1)Nc1ccc(CCO)cc1. The van der Waals surface area contributed by atoms with Crippen LogP contribution in [-0.4, -0.2) is 27.8 Å². The van der Waals surface area contributed by atoms with Gasteiger partial charge in [0.2, 0.25) is 11.8 Å². The summed E-state index contributed by atoms with van der Waals surface area (Å²) in [6, 6.07) is 7.51. The number of carbonyl (C=O) groups is 1. The molecule has 0 bridgehead atoms. The second-order valence-corrected chi connectivity index (χ2v) is 5.89. The number of hydrogen-bond acceptors (Lipinski definition) is 5. The summed E-state index contributed by atoms with van der Waals surface area (Å²) < 4.78 is 5.19. The van der Waals surface area contributed by atoms with Crippen molar-refractivity contribution >= 4 is 11.6 Å². The number of amides is 1. The van der Waals surface area contributed by atoms with Crippen LogP contribution in [-0.2, 0) is 17.6 Å². The Morgan fingerprint density at radius 3 is 2.74 bits per heavy atom. The molecule has 3 rings (SSSR count). The van der Waals surface area contributed by atoms with Crippen molar-refractivity contribution in [2.75, 3.05) is 11.9 Å². The summed E-state index contributed by atoms with van der Waals surface area (Å²) in [6.07, 6.45) is 4.65. The van der Waals surface area contributed by atoms with Gasteiger partial charge in [0.1, 0.15) is 0 Å². The standard InChI is InChI=1S/C17H21N3O3/c21-11-10-12-4-8-14(9-5-12)18-15(22)2-1-3-16-19-17(20-23-16)13-6-7-13/h4-5,8-9,13,21H,1-3,6-7,10-11H2,(H,18,22). The van der Waals surface area contributed by atoms with Gasteiger partial charge in [-0.2, -0.15) is 4.98 Å². The van der Waals surface area contributed by atoms with E-state index < -0.39 is 0 Å². The monoisotopic (exact) mass is 315 g/mol. The van der Waals surface area contributed by atoms with Gasteiger partial charge in [-0.3, -0.25) is 4.79 Å². The number of aromatic nitrogens is 2. The highest BCUT2D eigenvalue weighted by molar-refractivity contribution is 5.90. The van der Waals surface area contributed by atoms with Crippen LogP contribution in [0.25, 0.3) is 0 Å². The van der Waals surface area contributed by atoms with Gasteiger partial charge in [0.05, 0.1) is 0 Å². The fraction of sp³-hybridized carbons (Fsp3) is 0.471. The lowest BCUT2D eigenvalue weighted by Gasteiger charge is -2.05. The fourth-order valence-corrected chi connectivity index (χ4v) is 2.38. The smallest absolute Gasteiger partial charge is 0.226 e. The van der Waals surface area contributed by atoms with E-state index in [0.29, 0.717) is 37.5 Å². The molecule has 0 aliphatic heterocycles. The topological polar surface area (TPSA) is 88.2 Å². The minimum absolute atomic E-state index is 0.0261. The first-order valence-corrected chi connectivity index (χ1v) is 8.07. The summed E-state index contributed by atoms with van der Waals surface area (Å²) in [5.74, 6) is 1.90. The van der Waals surface area contributed by atoms with Crippen LogP contribution in [0.2, 0.25) is 0 Å². The Balaban J connectivity index is 1.40. The van der Waals surface area contributed by atoms with Crippen LogP contribution in [0.15, 0.2) is 28.8 Å². The zero-order valence-corrected chi connectivity index (χ0v) is 13.0. The Hall–Kier alpha value is -2.21. The van der Waals surface area contributed by atoms with Gasteiger partial charge in [-0.05, 0) is 43.4 Å². The number of hydrogen-bond donors (Lipinski definition) is 2. The summed E-state index contributed by atoms with van der Waals surface area (Å²) in [4.78, 5) is 16.3. The van der Waals surface area contributed by atoms with Gasteiger partial charge in [0.15, 0.2) is 5.82 Å². The van der Waals surface area contributed by atoms with E-state index in [0.717, 1.165) is 29.9 Å². The molecular weight excluding hydrogens is 294 g/mol. The second-order valence-electron chi connectivity index (χ2n) is 5.89. The average Bonchev–Trinajstić information content (AvgIpc) is 3.29. The lowest BCUT2D eigenvalue weighted by atomic mass is 10.1. The van der Waals surface area contributed by atoms with Crippen LogP contribution in [0.5, 0.6) is 0 Å². The van der Waals surface area contributed by atoms with Crippen molar-refractivity contribution in [3.63, 3.8) is 0 Å². The van der Waals surface area contributed by atoms with Crippen molar-refractivity contribution in [2.45, 2.75) is 44.4 Å². The molecule has 23 heavy (non-hydrogen) atoms. The van der Waals surface area contributed by atoms with Crippen LogP contribution in [0.1, 0.15) is 48.9 Å². The zero-order chi connectivity index (χ0) is 16.1. The molecule has 0 radical (unpaired) electrons. The zero-order valence-electron chi connectivity index (χ0n) is 13.0. The summed E-state index contributed by atoms with van der Waals surface area (Å²) >= 11 is 0. The van der Waals surface area contributed by atoms with E-state index in [2.05, 4.69) is 15.5 Å². The van der Waals surface area contributed by atoms with Crippen LogP contribution in [0.3, 0.4) is 0 Å². The fourth-order valence-electron chi connectivity index (χ4n) is 2.38. The molecule has 6 nitrogen and oxygen atoms in total. The number of nitrogens with one attached hydrogen (secondary N) is 1. The first kappa shape index (κ1) is 15.7. The highest BCUT2D eigenvalue weighted by atomic mass is 16.5. The average molecular weight is 315 g/mol. The van der Waals surface area contributed by atoms with Gasteiger partial charge in [0.25, 0.3) is 0 Å². The van der Waals surface area contributed by atoms with Crippen molar-refractivity contribution in [3.8, 4) is 0 Å². The van der Waals surface area contributed by atoms with E-state index in [1.165, 1.54) is 0 Å². The summed E-state index contributed by atoms with van der Waals surface area (Å²) in [6.45, 7) is 0.129. The van der Waals surface area contributed by atoms with Crippen molar-refractivity contribution in [2.24, 2.45) is 0 Å². The van der Waals surface area contributed by atoms with Crippen LogP contribution >= 0.6 is 0 Å². The highest BCUT2D eigenvalue weighted by Gasteiger charge is 2.28. The van der Waals surface area contributed by atoms with Crippen molar-refractivity contribution in [3.05, 3.63) is 41.5 Å². The summed E-state index contributed by atoms with van der Waals surface area (Å²) in [5, 5.41) is 15.7. The van der Waals surface area contributed by atoms with Crippen LogP contribution < -0.4 is 5.32 Å². The number of carbonyl (C=O) groups excluding carboxylic acids is 1. The molecule has 1 aromatic carbocycles. The van der Waals surface area contributed by atoms with E-state index >= 15 is 0 Å². The van der Waals surface area contributed by atoms with Crippen LogP contribution in [0.4, 0.5) is 5.69 Å². The molecule has 0 atom stereocenters. The number of benzene rings is 1. The maximum absolute atomic E-state index is 11.9. The molecule has 1 aromatic heterocycles. The molecule has 1 saturated carbocycles. The first-order valence-electron chi connectivity index (χ1n) is 8.07. The Bertz CT molecular complexity index is 647. The Kier molecular flexibility index (Phi) is 5.02. The lowest BCUT2D eigenvalue weighted by molar-refractivity contribution is -0.116. The third-order valence-electron chi connectivity index (χ3n) is 3.86. The predicted molar refractivity (Wildman–Crippen MR) is 85.1 cm³/mol. The van der Waals surface area contributed by atoms with Gasteiger partial charge in [0, 0.05) is 31.1 Å². The molecule has 0 unspecified atom stereocenters. The van der Waals surface area contributed by atoms with E-state index in [-0.39, 0.29) is 12.5 Å². The van der Waals surface area contributed by atoms with Gasteiger partial charge in [-0.25, -0.2) is 0 Å². The molecule has 2 N–H and O–H groups in total. The van der Waals surface area contributed by atoms with E-state index in [4.69, 9.17) is 9.63 Å². The number of rotatable bonds is 8. The molecule has 0 spiro atoms. The lowest BCUT2D eigenvalue weighted by Crippen LogP contribution is -2.11. The molecule has 2 aromatic rings. The minimum Gasteiger partial charge on any atom is -0.396 e. The minimum atomic E-state index is -0.0261. The number of anilines is 1. The molecule has 1 heterocycles.